The van der Waals surface area contributed by atoms with E-state index in [1.807, 2.05) is 18.7 Å². The zero-order valence-electron chi connectivity index (χ0n) is 8.75. The molecule has 4 heteroatoms. The van der Waals surface area contributed by atoms with Gasteiger partial charge in [-0.2, -0.15) is 11.8 Å². The molecule has 0 atom stereocenters. The van der Waals surface area contributed by atoms with Crippen LogP contribution in [-0.2, 0) is 5.75 Å². The summed E-state index contributed by atoms with van der Waals surface area (Å²) < 4.78 is 0. The zero-order valence-corrected chi connectivity index (χ0v) is 10.3. The molecule has 78 valence electrons. The minimum atomic E-state index is 0.539. The lowest BCUT2D eigenvalue weighted by Gasteiger charge is -2.04. The van der Waals surface area contributed by atoms with E-state index >= 15 is 0 Å². The van der Waals surface area contributed by atoms with Crippen LogP contribution in [0.15, 0.2) is 6.07 Å². The van der Waals surface area contributed by atoms with Gasteiger partial charge < -0.3 is 0 Å². The Morgan fingerprint density at radius 2 is 2.14 bits per heavy atom. The second-order valence-electron chi connectivity index (χ2n) is 3.66. The standard InChI is InChI=1S/C10H15ClN2S/c1-7(2)5-14-6-10-12-8(3)4-9(11)13-10/h4,7H,5-6H2,1-3H3. The summed E-state index contributed by atoms with van der Waals surface area (Å²) in [5, 5.41) is 0.539. The molecule has 1 aromatic heterocycles. The first kappa shape index (κ1) is 11.8. The highest BCUT2D eigenvalue weighted by atomic mass is 35.5. The Kier molecular flexibility index (Phi) is 4.69. The number of aromatic nitrogens is 2. The van der Waals surface area contributed by atoms with Crippen molar-refractivity contribution in [3.63, 3.8) is 0 Å². The van der Waals surface area contributed by atoms with Crippen LogP contribution in [-0.4, -0.2) is 15.7 Å². The van der Waals surface area contributed by atoms with Gasteiger partial charge in [-0.3, -0.25) is 0 Å². The normalized spacial score (nSPS) is 10.9. The summed E-state index contributed by atoms with van der Waals surface area (Å²) in [4.78, 5) is 8.48. The highest BCUT2D eigenvalue weighted by Crippen LogP contribution is 2.14. The van der Waals surface area contributed by atoms with E-state index in [2.05, 4.69) is 23.8 Å². The molecular formula is C10H15ClN2S. The van der Waals surface area contributed by atoms with Crippen molar-refractivity contribution in [3.05, 3.63) is 22.7 Å². The summed E-state index contributed by atoms with van der Waals surface area (Å²) in [5.41, 5.74) is 0.935. The molecule has 1 aromatic rings. The molecule has 0 bridgehead atoms. The van der Waals surface area contributed by atoms with Crippen molar-refractivity contribution < 1.29 is 0 Å². The van der Waals surface area contributed by atoms with Gasteiger partial charge in [0.1, 0.15) is 11.0 Å². The van der Waals surface area contributed by atoms with E-state index in [1.165, 1.54) is 0 Å². The van der Waals surface area contributed by atoms with Crippen molar-refractivity contribution in [2.45, 2.75) is 26.5 Å². The lowest BCUT2D eigenvalue weighted by molar-refractivity contribution is 0.749. The van der Waals surface area contributed by atoms with Crippen LogP contribution in [0, 0.1) is 12.8 Å². The Morgan fingerprint density at radius 1 is 1.43 bits per heavy atom. The third-order valence-electron chi connectivity index (χ3n) is 1.55. The molecule has 0 unspecified atom stereocenters. The van der Waals surface area contributed by atoms with Crippen molar-refractivity contribution in [2.75, 3.05) is 5.75 Å². The first-order chi connectivity index (χ1) is 6.58. The van der Waals surface area contributed by atoms with Gasteiger partial charge >= 0.3 is 0 Å². The molecule has 0 amide bonds. The molecular weight excluding hydrogens is 216 g/mol. The maximum absolute atomic E-state index is 5.83. The maximum Gasteiger partial charge on any atom is 0.140 e. The minimum Gasteiger partial charge on any atom is -0.237 e. The molecule has 0 N–H and O–H groups in total. The van der Waals surface area contributed by atoms with Gasteiger partial charge in [0.15, 0.2) is 0 Å². The van der Waals surface area contributed by atoms with E-state index in [4.69, 9.17) is 11.6 Å². The molecule has 0 fully saturated rings. The van der Waals surface area contributed by atoms with Crippen LogP contribution >= 0.6 is 23.4 Å². The second kappa shape index (κ2) is 5.56. The number of hydrogen-bond donors (Lipinski definition) is 0. The number of rotatable bonds is 4. The Bertz CT molecular complexity index is 282. The summed E-state index contributed by atoms with van der Waals surface area (Å²) in [6.45, 7) is 6.35. The largest absolute Gasteiger partial charge is 0.237 e. The van der Waals surface area contributed by atoms with E-state index in [9.17, 15) is 0 Å². The molecule has 0 aliphatic carbocycles. The summed E-state index contributed by atoms with van der Waals surface area (Å²) in [5.74, 6) is 3.52. The Balaban J connectivity index is 2.50. The van der Waals surface area contributed by atoms with Crippen LogP contribution in [0.4, 0.5) is 0 Å². The Morgan fingerprint density at radius 3 is 2.71 bits per heavy atom. The average Bonchev–Trinajstić information content (AvgIpc) is 2.01. The van der Waals surface area contributed by atoms with E-state index in [-0.39, 0.29) is 0 Å². The lowest BCUT2D eigenvalue weighted by Crippen LogP contribution is -1.97. The van der Waals surface area contributed by atoms with E-state index in [1.54, 1.807) is 6.07 Å². The molecule has 14 heavy (non-hydrogen) atoms. The molecule has 1 rings (SSSR count). The van der Waals surface area contributed by atoms with Gasteiger partial charge in [0.25, 0.3) is 0 Å². The summed E-state index contributed by atoms with van der Waals surface area (Å²) >= 11 is 7.68. The second-order valence-corrected chi connectivity index (χ2v) is 5.07. The van der Waals surface area contributed by atoms with Crippen LogP contribution in [0.1, 0.15) is 25.4 Å². The quantitative estimate of drug-likeness (QED) is 0.743. The SMILES string of the molecule is Cc1cc(Cl)nc(CSCC(C)C)n1. The van der Waals surface area contributed by atoms with Gasteiger partial charge in [0, 0.05) is 5.69 Å². The number of halogens is 1. The molecule has 0 saturated heterocycles. The van der Waals surface area contributed by atoms with E-state index in [0.717, 1.165) is 23.0 Å². The molecule has 0 aliphatic heterocycles. The number of aryl methyl sites for hydroxylation is 1. The number of hydrogen-bond acceptors (Lipinski definition) is 3. The first-order valence-electron chi connectivity index (χ1n) is 4.65. The van der Waals surface area contributed by atoms with Crippen molar-refractivity contribution in [1.29, 1.82) is 0 Å². The zero-order chi connectivity index (χ0) is 10.6. The fourth-order valence-electron chi connectivity index (χ4n) is 1.04. The van der Waals surface area contributed by atoms with Crippen LogP contribution in [0.3, 0.4) is 0 Å². The van der Waals surface area contributed by atoms with E-state index < -0.39 is 0 Å². The topological polar surface area (TPSA) is 25.8 Å². The van der Waals surface area contributed by atoms with Crippen molar-refractivity contribution in [2.24, 2.45) is 5.92 Å². The Hall–Kier alpha value is -0.280. The van der Waals surface area contributed by atoms with Crippen LogP contribution in [0.25, 0.3) is 0 Å². The molecule has 0 aliphatic rings. The van der Waals surface area contributed by atoms with Crippen molar-refractivity contribution in [1.82, 2.24) is 9.97 Å². The molecule has 0 spiro atoms. The van der Waals surface area contributed by atoms with Gasteiger partial charge in [-0.05, 0) is 24.7 Å². The number of nitrogens with zero attached hydrogens (tertiary/aromatic N) is 2. The fourth-order valence-corrected chi connectivity index (χ4v) is 2.20. The Labute approximate surface area is 94.5 Å². The fraction of sp³-hybridized carbons (Fsp3) is 0.600. The third kappa shape index (κ3) is 4.29. The maximum atomic E-state index is 5.83. The van der Waals surface area contributed by atoms with Gasteiger partial charge in [-0.1, -0.05) is 25.4 Å². The predicted molar refractivity (Wildman–Crippen MR) is 62.8 cm³/mol. The predicted octanol–water partition coefficient (Wildman–Crippen LogP) is 3.33. The molecule has 1 heterocycles. The smallest absolute Gasteiger partial charge is 0.140 e. The minimum absolute atomic E-state index is 0.539. The van der Waals surface area contributed by atoms with Gasteiger partial charge in [-0.15, -0.1) is 0 Å². The van der Waals surface area contributed by atoms with Crippen LogP contribution in [0.2, 0.25) is 5.15 Å². The summed E-state index contributed by atoms with van der Waals surface area (Å²) in [6.07, 6.45) is 0. The third-order valence-corrected chi connectivity index (χ3v) is 3.11. The van der Waals surface area contributed by atoms with E-state index in [0.29, 0.717) is 11.1 Å². The molecule has 0 radical (unpaired) electrons. The molecule has 0 aromatic carbocycles. The highest BCUT2D eigenvalue weighted by Gasteiger charge is 2.01. The average molecular weight is 231 g/mol. The molecule has 2 nitrogen and oxygen atoms in total. The molecule has 0 saturated carbocycles. The monoisotopic (exact) mass is 230 g/mol. The van der Waals surface area contributed by atoms with Crippen molar-refractivity contribution >= 4 is 23.4 Å². The van der Waals surface area contributed by atoms with Gasteiger partial charge in [-0.25, -0.2) is 9.97 Å². The number of thioether (sulfide) groups is 1. The van der Waals surface area contributed by atoms with Crippen molar-refractivity contribution in [3.8, 4) is 0 Å². The highest BCUT2D eigenvalue weighted by molar-refractivity contribution is 7.98. The lowest BCUT2D eigenvalue weighted by atomic mass is 10.3. The van der Waals surface area contributed by atoms with Crippen LogP contribution in [0.5, 0.6) is 0 Å². The summed E-state index contributed by atoms with van der Waals surface area (Å²) in [6, 6.07) is 1.78. The first-order valence-corrected chi connectivity index (χ1v) is 6.19. The van der Waals surface area contributed by atoms with Gasteiger partial charge in [0.05, 0.1) is 5.75 Å². The summed E-state index contributed by atoms with van der Waals surface area (Å²) in [7, 11) is 0. The van der Waals surface area contributed by atoms with Crippen LogP contribution < -0.4 is 0 Å². The van der Waals surface area contributed by atoms with Gasteiger partial charge in [0.2, 0.25) is 0 Å².